The summed E-state index contributed by atoms with van der Waals surface area (Å²) in [7, 11) is 3.12. The van der Waals surface area contributed by atoms with Crippen LogP contribution in [0.4, 0.5) is 14.6 Å². The zero-order chi connectivity index (χ0) is 25.8. The van der Waals surface area contributed by atoms with Gasteiger partial charge in [-0.2, -0.15) is 9.37 Å². The molecule has 5 rings (SSSR count). The lowest BCUT2D eigenvalue weighted by atomic mass is 9.54. The highest BCUT2D eigenvalue weighted by atomic mass is 19.1. The van der Waals surface area contributed by atoms with Crippen LogP contribution in [0.2, 0.25) is 0 Å². The number of halogens is 2. The van der Waals surface area contributed by atoms with Gasteiger partial charge < -0.3 is 10.0 Å². The van der Waals surface area contributed by atoms with Gasteiger partial charge in [0, 0.05) is 31.1 Å². The summed E-state index contributed by atoms with van der Waals surface area (Å²) >= 11 is 0. The summed E-state index contributed by atoms with van der Waals surface area (Å²) in [5, 5.41) is 19.1. The number of rotatable bonds is 4. The Morgan fingerprint density at radius 1 is 1.19 bits per heavy atom. The average Bonchev–Trinajstić information content (AvgIpc) is 2.84. The monoisotopic (exact) mass is 496 g/mol. The van der Waals surface area contributed by atoms with E-state index in [1.165, 1.54) is 19.3 Å². The molecule has 2 aliphatic carbocycles. The van der Waals surface area contributed by atoms with Crippen molar-refractivity contribution in [3.05, 3.63) is 46.9 Å². The largest absolute Gasteiger partial charge is 0.507 e. The minimum atomic E-state index is -0.970. The zero-order valence-corrected chi connectivity index (χ0v) is 20.9. The summed E-state index contributed by atoms with van der Waals surface area (Å²) < 4.78 is 30.4. The number of alkyl halides is 1. The molecule has 36 heavy (non-hydrogen) atoms. The van der Waals surface area contributed by atoms with E-state index in [-0.39, 0.29) is 34.1 Å². The van der Waals surface area contributed by atoms with Crippen LogP contribution in [0.1, 0.15) is 46.0 Å². The molecule has 3 aromatic rings. The molecule has 2 bridgehead atoms. The standard InChI is InChI=1S/C26H30F2N6O2/c1-25-8-5-9-26(2,14-25)22(28)18(12-25)33(3)21-13-29-23(32-31-21)16-7-6-15(10-19(16)35)17-11-20(27)34(4)24(36)30-17/h6-7,10-11,13,18,22,35H,5,8-9,12,14H2,1-4H3/t18-,22-,25-,26-/m1/s1. The molecule has 2 fully saturated rings. The van der Waals surface area contributed by atoms with E-state index in [4.69, 9.17) is 0 Å². The van der Waals surface area contributed by atoms with Gasteiger partial charge in [0.25, 0.3) is 0 Å². The average molecular weight is 497 g/mol. The van der Waals surface area contributed by atoms with Gasteiger partial charge in [-0.15, -0.1) is 10.2 Å². The molecule has 1 aromatic carbocycles. The SMILES string of the molecule is CN(c1cnc(-c2ccc(-c3cc(F)n(C)c(=O)n3)cc2O)nn1)[C@@H]1C[C@@]2(C)CCC[C@](C)(C2)[C@@H]1F. The molecule has 10 heteroatoms. The summed E-state index contributed by atoms with van der Waals surface area (Å²) in [6.07, 6.45) is 5.29. The molecule has 0 unspecified atom stereocenters. The van der Waals surface area contributed by atoms with Gasteiger partial charge in [-0.1, -0.05) is 26.3 Å². The first-order valence-corrected chi connectivity index (χ1v) is 12.1. The van der Waals surface area contributed by atoms with Crippen LogP contribution >= 0.6 is 0 Å². The Hall–Kier alpha value is -3.43. The lowest BCUT2D eigenvalue weighted by Crippen LogP contribution is -2.57. The third kappa shape index (κ3) is 4.12. The first-order valence-electron chi connectivity index (χ1n) is 12.1. The molecule has 2 saturated carbocycles. The maximum absolute atomic E-state index is 15.7. The molecule has 0 aliphatic heterocycles. The summed E-state index contributed by atoms with van der Waals surface area (Å²) in [4.78, 5) is 21.9. The van der Waals surface area contributed by atoms with E-state index >= 15 is 4.39 Å². The third-order valence-corrected chi connectivity index (χ3v) is 8.09. The fraction of sp³-hybridized carbons (Fsp3) is 0.500. The number of phenolic OH excluding ortho intramolecular Hbond substituents is 1. The van der Waals surface area contributed by atoms with E-state index < -0.39 is 17.8 Å². The van der Waals surface area contributed by atoms with Crippen molar-refractivity contribution in [3.63, 3.8) is 0 Å². The molecule has 0 amide bonds. The molecule has 4 atom stereocenters. The smallest absolute Gasteiger partial charge is 0.350 e. The van der Waals surface area contributed by atoms with Crippen LogP contribution in [0.15, 0.2) is 35.3 Å². The zero-order valence-electron chi connectivity index (χ0n) is 20.9. The number of benzene rings is 1. The second-order valence-electron chi connectivity index (χ2n) is 11.0. The van der Waals surface area contributed by atoms with Crippen molar-refractivity contribution in [2.75, 3.05) is 11.9 Å². The van der Waals surface area contributed by atoms with Crippen LogP contribution in [0.25, 0.3) is 22.6 Å². The number of nitrogens with zero attached hydrogens (tertiary/aromatic N) is 6. The molecule has 8 nitrogen and oxygen atoms in total. The van der Waals surface area contributed by atoms with Crippen LogP contribution in [-0.2, 0) is 7.05 Å². The molecule has 2 heterocycles. The van der Waals surface area contributed by atoms with Crippen LogP contribution in [0.5, 0.6) is 5.75 Å². The van der Waals surface area contributed by atoms with E-state index in [1.807, 2.05) is 11.9 Å². The summed E-state index contributed by atoms with van der Waals surface area (Å²) in [5.74, 6) is -0.242. The van der Waals surface area contributed by atoms with Crippen molar-refractivity contribution in [1.29, 1.82) is 0 Å². The number of aromatic nitrogens is 5. The number of phenols is 1. The van der Waals surface area contributed by atoms with E-state index in [0.29, 0.717) is 16.9 Å². The number of aromatic hydroxyl groups is 1. The van der Waals surface area contributed by atoms with Gasteiger partial charge in [-0.05, 0) is 43.2 Å². The number of fused-ring (bicyclic) bond motifs is 2. The van der Waals surface area contributed by atoms with Crippen molar-refractivity contribution in [1.82, 2.24) is 24.7 Å². The number of hydrogen-bond donors (Lipinski definition) is 1. The highest BCUT2D eigenvalue weighted by molar-refractivity contribution is 5.71. The predicted molar refractivity (Wildman–Crippen MR) is 132 cm³/mol. The third-order valence-electron chi connectivity index (χ3n) is 8.09. The predicted octanol–water partition coefficient (Wildman–Crippen LogP) is 4.28. The minimum absolute atomic E-state index is 0.105. The fourth-order valence-electron chi connectivity index (χ4n) is 6.15. The van der Waals surface area contributed by atoms with Crippen molar-refractivity contribution in [3.8, 4) is 28.4 Å². The van der Waals surface area contributed by atoms with Gasteiger partial charge in [-0.25, -0.2) is 14.2 Å². The van der Waals surface area contributed by atoms with E-state index in [0.717, 1.165) is 42.7 Å². The maximum Gasteiger partial charge on any atom is 0.350 e. The van der Waals surface area contributed by atoms with Gasteiger partial charge in [-0.3, -0.25) is 4.57 Å². The van der Waals surface area contributed by atoms with E-state index in [1.54, 1.807) is 12.1 Å². The van der Waals surface area contributed by atoms with Crippen molar-refractivity contribution in [2.24, 2.45) is 17.9 Å². The Kier molecular flexibility index (Phi) is 5.80. The first kappa shape index (κ1) is 24.3. The van der Waals surface area contributed by atoms with Crippen molar-refractivity contribution >= 4 is 5.82 Å². The molecular weight excluding hydrogens is 466 g/mol. The lowest BCUT2D eigenvalue weighted by molar-refractivity contribution is -0.0540. The molecule has 190 valence electrons. The van der Waals surface area contributed by atoms with Gasteiger partial charge in [0.1, 0.15) is 11.9 Å². The Bertz CT molecular complexity index is 1360. The highest BCUT2D eigenvalue weighted by Gasteiger charge is 2.54. The van der Waals surface area contributed by atoms with E-state index in [2.05, 4.69) is 34.0 Å². The van der Waals surface area contributed by atoms with Gasteiger partial charge in [0.2, 0.25) is 0 Å². The molecular formula is C26H30F2N6O2. The summed E-state index contributed by atoms with van der Waals surface area (Å²) in [6.45, 7) is 4.32. The highest BCUT2D eigenvalue weighted by Crippen LogP contribution is 2.57. The normalized spacial score (nSPS) is 27.6. The topological polar surface area (TPSA) is 97.0 Å². The summed E-state index contributed by atoms with van der Waals surface area (Å²) in [6, 6.07) is 5.33. The molecule has 2 aliphatic rings. The fourth-order valence-corrected chi connectivity index (χ4v) is 6.15. The van der Waals surface area contributed by atoms with Crippen LogP contribution in [0.3, 0.4) is 0 Å². The van der Waals surface area contributed by atoms with Crippen molar-refractivity contribution < 1.29 is 13.9 Å². The van der Waals surface area contributed by atoms with Crippen LogP contribution in [-0.4, -0.2) is 49.1 Å². The Morgan fingerprint density at radius 2 is 1.97 bits per heavy atom. The second kappa shape index (κ2) is 8.60. The Morgan fingerprint density at radius 3 is 2.64 bits per heavy atom. The minimum Gasteiger partial charge on any atom is -0.507 e. The second-order valence-corrected chi connectivity index (χ2v) is 11.0. The lowest BCUT2D eigenvalue weighted by Gasteiger charge is -2.55. The first-order chi connectivity index (χ1) is 17.0. The Balaban J connectivity index is 1.38. The van der Waals surface area contributed by atoms with Gasteiger partial charge >= 0.3 is 5.69 Å². The number of anilines is 1. The van der Waals surface area contributed by atoms with E-state index in [9.17, 15) is 14.3 Å². The Labute approximate surface area is 208 Å². The molecule has 1 N–H and O–H groups in total. The molecule has 2 aromatic heterocycles. The quantitative estimate of drug-likeness (QED) is 0.539. The van der Waals surface area contributed by atoms with Crippen LogP contribution in [0, 0.1) is 16.8 Å². The van der Waals surface area contributed by atoms with Crippen molar-refractivity contribution in [2.45, 2.75) is 58.2 Å². The van der Waals surface area contributed by atoms with Gasteiger partial charge in [0.15, 0.2) is 17.6 Å². The summed E-state index contributed by atoms with van der Waals surface area (Å²) in [5.41, 5.74) is -0.158. The molecule has 0 saturated heterocycles. The maximum atomic E-state index is 15.7. The molecule has 0 radical (unpaired) electrons. The number of hydrogen-bond acceptors (Lipinski definition) is 7. The molecule has 0 spiro atoms. The van der Waals surface area contributed by atoms with Gasteiger partial charge in [0.05, 0.1) is 23.5 Å². The van der Waals surface area contributed by atoms with Crippen LogP contribution < -0.4 is 10.6 Å².